The van der Waals surface area contributed by atoms with Gasteiger partial charge >= 0.3 is 0 Å². The molecule has 0 unspecified atom stereocenters. The molecule has 0 fully saturated rings. The molecule has 3 rings (SSSR count). The van der Waals surface area contributed by atoms with Crippen LogP contribution >= 0.6 is 0 Å². The first-order chi connectivity index (χ1) is 13.6. The minimum absolute atomic E-state index is 0.154. The first-order valence-corrected chi connectivity index (χ1v) is 9.88. The molecule has 0 saturated heterocycles. The molecule has 1 N–H and O–H groups in total. The third-order valence-electron chi connectivity index (χ3n) is 4.71. The molecule has 1 atom stereocenters. The van der Waals surface area contributed by atoms with E-state index in [0.717, 1.165) is 30.8 Å². The van der Waals surface area contributed by atoms with Gasteiger partial charge in [-0.2, -0.15) is 0 Å². The van der Waals surface area contributed by atoms with Crippen molar-refractivity contribution in [2.45, 2.75) is 38.8 Å². The number of halogens is 1. The van der Waals surface area contributed by atoms with Crippen LogP contribution in [0.15, 0.2) is 78.9 Å². The van der Waals surface area contributed by atoms with E-state index in [1.807, 2.05) is 44.2 Å². The van der Waals surface area contributed by atoms with E-state index in [0.29, 0.717) is 0 Å². The fourth-order valence-electron chi connectivity index (χ4n) is 3.35. The Balaban J connectivity index is 1.69. The molecule has 0 amide bonds. The van der Waals surface area contributed by atoms with E-state index in [-0.39, 0.29) is 17.8 Å². The van der Waals surface area contributed by atoms with E-state index in [1.54, 1.807) is 0 Å². The maximum atomic E-state index is 13.4. The predicted molar refractivity (Wildman–Crippen MR) is 113 cm³/mol. The SMILES string of the molecule is CC(C)Oc1ccc([C@@H](CCNCc2ccccc2)c2ccc(F)cc2)cc1. The van der Waals surface area contributed by atoms with Crippen LogP contribution < -0.4 is 10.1 Å². The highest BCUT2D eigenvalue weighted by Gasteiger charge is 2.14. The number of nitrogens with one attached hydrogen (secondary N) is 1. The van der Waals surface area contributed by atoms with E-state index in [2.05, 4.69) is 41.7 Å². The molecule has 0 radical (unpaired) electrons. The van der Waals surface area contributed by atoms with Gasteiger partial charge in [0, 0.05) is 12.5 Å². The van der Waals surface area contributed by atoms with Gasteiger partial charge < -0.3 is 10.1 Å². The van der Waals surface area contributed by atoms with E-state index in [9.17, 15) is 4.39 Å². The molecular weight excluding hydrogens is 349 g/mol. The van der Waals surface area contributed by atoms with E-state index in [4.69, 9.17) is 4.74 Å². The normalized spacial score (nSPS) is 12.1. The molecule has 0 aliphatic heterocycles. The van der Waals surface area contributed by atoms with Gasteiger partial charge in [0.05, 0.1) is 6.10 Å². The summed E-state index contributed by atoms with van der Waals surface area (Å²) >= 11 is 0. The number of ether oxygens (including phenoxy) is 1. The predicted octanol–water partition coefficient (Wildman–Crippen LogP) is 5.92. The summed E-state index contributed by atoms with van der Waals surface area (Å²) in [6.07, 6.45) is 1.09. The van der Waals surface area contributed by atoms with E-state index in [1.165, 1.54) is 23.3 Å². The van der Waals surface area contributed by atoms with Crippen molar-refractivity contribution >= 4 is 0 Å². The lowest BCUT2D eigenvalue weighted by Gasteiger charge is -2.19. The molecule has 3 heteroatoms. The van der Waals surface area contributed by atoms with Crippen molar-refractivity contribution in [2.24, 2.45) is 0 Å². The summed E-state index contributed by atoms with van der Waals surface area (Å²) in [5, 5.41) is 3.52. The smallest absolute Gasteiger partial charge is 0.123 e. The number of hydrogen-bond donors (Lipinski definition) is 1. The summed E-state index contributed by atoms with van der Waals surface area (Å²) in [6.45, 7) is 5.76. The average Bonchev–Trinajstić information content (AvgIpc) is 2.70. The number of rotatable bonds is 9. The number of hydrogen-bond acceptors (Lipinski definition) is 2. The summed E-state index contributed by atoms with van der Waals surface area (Å²) in [6, 6.07) is 25.5. The zero-order valence-corrected chi connectivity index (χ0v) is 16.6. The van der Waals surface area contributed by atoms with Crippen LogP contribution in [0, 0.1) is 5.82 Å². The fraction of sp³-hybridized carbons (Fsp3) is 0.280. The lowest BCUT2D eigenvalue weighted by Crippen LogP contribution is -2.18. The van der Waals surface area contributed by atoms with Gasteiger partial charge in [-0.15, -0.1) is 0 Å². The Morgan fingerprint density at radius 2 is 1.43 bits per heavy atom. The molecule has 3 aromatic rings. The van der Waals surface area contributed by atoms with Crippen molar-refractivity contribution < 1.29 is 9.13 Å². The maximum Gasteiger partial charge on any atom is 0.123 e. The first kappa shape index (κ1) is 20.1. The van der Waals surface area contributed by atoms with Gasteiger partial charge in [0.15, 0.2) is 0 Å². The second kappa shape index (κ2) is 10.0. The highest BCUT2D eigenvalue weighted by atomic mass is 19.1. The zero-order valence-electron chi connectivity index (χ0n) is 16.6. The van der Waals surface area contributed by atoms with Crippen LogP contribution in [0.5, 0.6) is 5.75 Å². The quantitative estimate of drug-likeness (QED) is 0.467. The highest BCUT2D eigenvalue weighted by molar-refractivity contribution is 5.36. The molecule has 146 valence electrons. The summed E-state index contributed by atoms with van der Waals surface area (Å²) < 4.78 is 19.1. The van der Waals surface area contributed by atoms with Crippen molar-refractivity contribution in [1.29, 1.82) is 0 Å². The van der Waals surface area contributed by atoms with Crippen LogP contribution in [0.3, 0.4) is 0 Å². The van der Waals surface area contributed by atoms with Crippen molar-refractivity contribution in [3.05, 3.63) is 101 Å². The van der Waals surface area contributed by atoms with Crippen LogP contribution in [0.2, 0.25) is 0 Å². The molecule has 2 nitrogen and oxygen atoms in total. The van der Waals surface area contributed by atoms with Crippen LogP contribution in [0.1, 0.15) is 42.9 Å². The minimum Gasteiger partial charge on any atom is -0.491 e. The van der Waals surface area contributed by atoms with Crippen LogP contribution in [0.25, 0.3) is 0 Å². The van der Waals surface area contributed by atoms with E-state index >= 15 is 0 Å². The Morgan fingerprint density at radius 1 is 0.821 bits per heavy atom. The molecule has 0 aromatic heterocycles. The van der Waals surface area contributed by atoms with Crippen molar-refractivity contribution in [3.8, 4) is 5.75 Å². The molecular formula is C25H28FNO. The standard InChI is InChI=1S/C25H28FNO/c1-19(2)28-24-14-10-22(11-15-24)25(21-8-12-23(26)13-9-21)16-17-27-18-20-6-4-3-5-7-20/h3-15,19,25,27H,16-18H2,1-2H3/t25-/m0/s1. The van der Waals surface area contributed by atoms with Gasteiger partial charge in [-0.3, -0.25) is 0 Å². The third kappa shape index (κ3) is 5.93. The topological polar surface area (TPSA) is 21.3 Å². The second-order valence-corrected chi connectivity index (χ2v) is 7.29. The summed E-state index contributed by atoms with van der Waals surface area (Å²) in [5.41, 5.74) is 3.61. The lowest BCUT2D eigenvalue weighted by atomic mass is 9.88. The van der Waals surface area contributed by atoms with Gasteiger partial charge in [-0.1, -0.05) is 54.6 Å². The Hall–Kier alpha value is -2.65. The Morgan fingerprint density at radius 3 is 2.04 bits per heavy atom. The summed E-state index contributed by atoms with van der Waals surface area (Å²) in [7, 11) is 0. The zero-order chi connectivity index (χ0) is 19.8. The van der Waals surface area contributed by atoms with Gasteiger partial charge in [-0.25, -0.2) is 4.39 Å². The molecule has 0 spiro atoms. The first-order valence-electron chi connectivity index (χ1n) is 9.88. The summed E-state index contributed by atoms with van der Waals surface area (Å²) in [5.74, 6) is 0.876. The van der Waals surface area contributed by atoms with Crippen molar-refractivity contribution in [1.82, 2.24) is 5.32 Å². The molecule has 0 saturated carbocycles. The molecule has 3 aromatic carbocycles. The molecule has 0 aliphatic rings. The van der Waals surface area contributed by atoms with Gasteiger partial charge in [0.1, 0.15) is 11.6 Å². The molecule has 28 heavy (non-hydrogen) atoms. The number of benzene rings is 3. The Kier molecular flexibility index (Phi) is 7.21. The van der Waals surface area contributed by atoms with Gasteiger partial charge in [0.2, 0.25) is 0 Å². The maximum absolute atomic E-state index is 13.4. The minimum atomic E-state index is -0.203. The van der Waals surface area contributed by atoms with Crippen LogP contribution in [-0.2, 0) is 6.54 Å². The highest BCUT2D eigenvalue weighted by Crippen LogP contribution is 2.29. The summed E-state index contributed by atoms with van der Waals surface area (Å²) in [4.78, 5) is 0. The van der Waals surface area contributed by atoms with Gasteiger partial charge in [0.25, 0.3) is 0 Å². The fourth-order valence-corrected chi connectivity index (χ4v) is 3.35. The Labute approximate surface area is 167 Å². The largest absolute Gasteiger partial charge is 0.491 e. The molecule has 0 aliphatic carbocycles. The third-order valence-corrected chi connectivity index (χ3v) is 4.71. The Bertz CT molecular complexity index is 829. The average molecular weight is 378 g/mol. The van der Waals surface area contributed by atoms with Crippen LogP contribution in [-0.4, -0.2) is 12.6 Å². The molecule has 0 bridgehead atoms. The van der Waals surface area contributed by atoms with Crippen molar-refractivity contribution in [2.75, 3.05) is 6.54 Å². The van der Waals surface area contributed by atoms with Crippen molar-refractivity contribution in [3.63, 3.8) is 0 Å². The van der Waals surface area contributed by atoms with E-state index < -0.39 is 0 Å². The lowest BCUT2D eigenvalue weighted by molar-refractivity contribution is 0.242. The second-order valence-electron chi connectivity index (χ2n) is 7.29. The molecule has 0 heterocycles. The monoisotopic (exact) mass is 377 g/mol. The van der Waals surface area contributed by atoms with Crippen LogP contribution in [0.4, 0.5) is 4.39 Å². The van der Waals surface area contributed by atoms with Gasteiger partial charge in [-0.05, 0) is 67.8 Å².